The van der Waals surface area contributed by atoms with E-state index in [1.807, 2.05) is 19.9 Å². The number of hydrogen-bond acceptors (Lipinski definition) is 4. The van der Waals surface area contributed by atoms with Crippen molar-refractivity contribution in [3.63, 3.8) is 0 Å². The van der Waals surface area contributed by atoms with Crippen LogP contribution in [-0.2, 0) is 4.79 Å². The molecule has 5 heteroatoms. The van der Waals surface area contributed by atoms with Gasteiger partial charge in [0.15, 0.2) is 0 Å². The number of rotatable bonds is 9. The topological polar surface area (TPSA) is 75.1 Å². The molecule has 2 N–H and O–H groups in total. The first kappa shape index (κ1) is 16.4. The van der Waals surface area contributed by atoms with Gasteiger partial charge in [0.1, 0.15) is 11.6 Å². The van der Waals surface area contributed by atoms with Crippen molar-refractivity contribution in [2.45, 2.75) is 52.9 Å². The van der Waals surface area contributed by atoms with Gasteiger partial charge >= 0.3 is 5.97 Å². The van der Waals surface area contributed by atoms with Crippen LogP contribution in [0.5, 0.6) is 0 Å². The minimum absolute atomic E-state index is 0.260. The Morgan fingerprint density at radius 3 is 2.65 bits per heavy atom. The second-order valence-corrected chi connectivity index (χ2v) is 5.24. The van der Waals surface area contributed by atoms with Crippen LogP contribution in [0.25, 0.3) is 0 Å². The molecular formula is C15H25N3O2. The molecule has 112 valence electrons. The third kappa shape index (κ3) is 6.50. The molecule has 0 saturated carbocycles. The van der Waals surface area contributed by atoms with Crippen molar-refractivity contribution in [2.75, 3.05) is 11.9 Å². The lowest BCUT2D eigenvalue weighted by atomic mass is 9.94. The summed E-state index contributed by atoms with van der Waals surface area (Å²) in [4.78, 5) is 19.2. The maximum absolute atomic E-state index is 10.6. The van der Waals surface area contributed by atoms with Crippen LogP contribution in [0.3, 0.4) is 0 Å². The fraction of sp³-hybridized carbons (Fsp3) is 0.667. The molecule has 0 saturated heterocycles. The van der Waals surface area contributed by atoms with Crippen molar-refractivity contribution in [1.29, 1.82) is 0 Å². The van der Waals surface area contributed by atoms with E-state index >= 15 is 0 Å². The zero-order valence-corrected chi connectivity index (χ0v) is 12.6. The second kappa shape index (κ2) is 8.51. The Morgan fingerprint density at radius 2 is 2.05 bits per heavy atom. The summed E-state index contributed by atoms with van der Waals surface area (Å²) in [7, 11) is 0. The van der Waals surface area contributed by atoms with Crippen LogP contribution in [-0.4, -0.2) is 27.6 Å². The number of carboxylic acids is 1. The normalized spacial score (nSPS) is 12.2. The highest BCUT2D eigenvalue weighted by Crippen LogP contribution is 2.18. The van der Waals surface area contributed by atoms with Gasteiger partial charge in [-0.3, -0.25) is 4.79 Å². The van der Waals surface area contributed by atoms with Crippen LogP contribution in [0.1, 0.15) is 50.5 Å². The first-order valence-electron chi connectivity index (χ1n) is 7.29. The van der Waals surface area contributed by atoms with E-state index in [0.717, 1.165) is 49.6 Å². The predicted octanol–water partition coefficient (Wildman–Crippen LogP) is 3.18. The van der Waals surface area contributed by atoms with Gasteiger partial charge in [-0.1, -0.05) is 19.8 Å². The molecule has 1 aromatic heterocycles. The quantitative estimate of drug-likeness (QED) is 0.726. The first-order valence-corrected chi connectivity index (χ1v) is 7.29. The van der Waals surface area contributed by atoms with Crippen molar-refractivity contribution in [1.82, 2.24) is 9.97 Å². The fourth-order valence-electron chi connectivity index (χ4n) is 2.38. The number of aryl methyl sites for hydroxylation is 2. The van der Waals surface area contributed by atoms with Gasteiger partial charge in [0.2, 0.25) is 0 Å². The lowest BCUT2D eigenvalue weighted by molar-refractivity contribution is -0.137. The van der Waals surface area contributed by atoms with Crippen LogP contribution in [0.4, 0.5) is 5.82 Å². The van der Waals surface area contributed by atoms with Crippen LogP contribution in [0.2, 0.25) is 0 Å². The highest BCUT2D eigenvalue weighted by molar-refractivity contribution is 5.66. The monoisotopic (exact) mass is 279 g/mol. The van der Waals surface area contributed by atoms with E-state index in [9.17, 15) is 4.79 Å². The van der Waals surface area contributed by atoms with E-state index in [-0.39, 0.29) is 6.42 Å². The Kier molecular flexibility index (Phi) is 6.98. The molecule has 5 nitrogen and oxygen atoms in total. The van der Waals surface area contributed by atoms with Crippen LogP contribution < -0.4 is 5.32 Å². The van der Waals surface area contributed by atoms with E-state index in [4.69, 9.17) is 5.11 Å². The smallest absolute Gasteiger partial charge is 0.303 e. The minimum Gasteiger partial charge on any atom is -0.481 e. The average molecular weight is 279 g/mol. The number of nitrogens with zero attached hydrogens (tertiary/aromatic N) is 2. The number of nitrogens with one attached hydrogen (secondary N) is 1. The summed E-state index contributed by atoms with van der Waals surface area (Å²) >= 11 is 0. The molecule has 1 heterocycles. The Balaban J connectivity index is 2.40. The number of aromatic nitrogens is 2. The number of carbonyl (C=O) groups is 1. The summed E-state index contributed by atoms with van der Waals surface area (Å²) in [5.41, 5.74) is 0.955. The highest BCUT2D eigenvalue weighted by Gasteiger charge is 2.10. The van der Waals surface area contributed by atoms with Gasteiger partial charge in [0.25, 0.3) is 0 Å². The van der Waals surface area contributed by atoms with Gasteiger partial charge in [0, 0.05) is 24.7 Å². The van der Waals surface area contributed by atoms with Gasteiger partial charge in [0.05, 0.1) is 0 Å². The SMILES string of the molecule is CCCC(CCNc1cc(C)nc(C)n1)CCC(=O)O. The molecule has 0 aliphatic rings. The zero-order valence-electron chi connectivity index (χ0n) is 12.6. The third-order valence-electron chi connectivity index (χ3n) is 3.29. The molecule has 0 aliphatic carbocycles. The summed E-state index contributed by atoms with van der Waals surface area (Å²) in [6.07, 6.45) is 4.17. The molecular weight excluding hydrogens is 254 g/mol. The van der Waals surface area contributed by atoms with Crippen molar-refractivity contribution in [3.05, 3.63) is 17.6 Å². The van der Waals surface area contributed by atoms with Gasteiger partial charge in [-0.2, -0.15) is 0 Å². The number of hydrogen-bond donors (Lipinski definition) is 2. The maximum Gasteiger partial charge on any atom is 0.303 e. The molecule has 20 heavy (non-hydrogen) atoms. The van der Waals surface area contributed by atoms with Crippen molar-refractivity contribution in [3.8, 4) is 0 Å². The molecule has 0 aliphatic heterocycles. The average Bonchev–Trinajstić information content (AvgIpc) is 2.34. The Morgan fingerprint density at radius 1 is 1.30 bits per heavy atom. The van der Waals surface area contributed by atoms with Gasteiger partial charge in [-0.05, 0) is 32.6 Å². The molecule has 1 atom stereocenters. The van der Waals surface area contributed by atoms with E-state index in [0.29, 0.717) is 5.92 Å². The predicted molar refractivity (Wildman–Crippen MR) is 79.9 cm³/mol. The Bertz CT molecular complexity index is 415. The second-order valence-electron chi connectivity index (χ2n) is 5.24. The fourth-order valence-corrected chi connectivity index (χ4v) is 2.38. The molecule has 0 fully saturated rings. The Labute approximate surface area is 120 Å². The summed E-state index contributed by atoms with van der Waals surface area (Å²) in [5, 5.41) is 12.1. The zero-order chi connectivity index (χ0) is 15.0. The summed E-state index contributed by atoms with van der Waals surface area (Å²) in [6.45, 7) is 6.79. The van der Waals surface area contributed by atoms with Crippen LogP contribution in [0, 0.1) is 19.8 Å². The lowest BCUT2D eigenvalue weighted by Crippen LogP contribution is -2.12. The molecule has 0 bridgehead atoms. The Hall–Kier alpha value is -1.65. The van der Waals surface area contributed by atoms with Crippen molar-refractivity contribution in [2.24, 2.45) is 5.92 Å². The van der Waals surface area contributed by atoms with Gasteiger partial charge in [-0.25, -0.2) is 9.97 Å². The minimum atomic E-state index is -0.707. The molecule has 0 amide bonds. The molecule has 0 aromatic carbocycles. The first-order chi connectivity index (χ1) is 9.51. The number of carboxylic acid groups (broad SMARTS) is 1. The van der Waals surface area contributed by atoms with Crippen LogP contribution in [0.15, 0.2) is 6.07 Å². The van der Waals surface area contributed by atoms with E-state index in [1.54, 1.807) is 0 Å². The standard InChI is InChI=1S/C15H25N3O2/c1-4-5-13(6-7-15(19)20)8-9-16-14-10-11(2)17-12(3)18-14/h10,13H,4-9H2,1-3H3,(H,19,20)(H,16,17,18). The summed E-state index contributed by atoms with van der Waals surface area (Å²) < 4.78 is 0. The largest absolute Gasteiger partial charge is 0.481 e. The van der Waals surface area contributed by atoms with E-state index in [1.165, 1.54) is 0 Å². The van der Waals surface area contributed by atoms with E-state index in [2.05, 4.69) is 22.2 Å². The molecule has 1 unspecified atom stereocenters. The van der Waals surface area contributed by atoms with Crippen LogP contribution >= 0.6 is 0 Å². The molecule has 0 radical (unpaired) electrons. The summed E-state index contributed by atoms with van der Waals surface area (Å²) in [5.74, 6) is 1.38. The van der Waals surface area contributed by atoms with Gasteiger partial charge < -0.3 is 10.4 Å². The molecule has 0 spiro atoms. The third-order valence-corrected chi connectivity index (χ3v) is 3.29. The van der Waals surface area contributed by atoms with E-state index < -0.39 is 5.97 Å². The van der Waals surface area contributed by atoms with Gasteiger partial charge in [-0.15, -0.1) is 0 Å². The highest BCUT2D eigenvalue weighted by atomic mass is 16.4. The number of aliphatic carboxylic acids is 1. The maximum atomic E-state index is 10.6. The molecule has 1 aromatic rings. The lowest BCUT2D eigenvalue weighted by Gasteiger charge is -2.15. The number of anilines is 1. The van der Waals surface area contributed by atoms with Crippen molar-refractivity contribution >= 4 is 11.8 Å². The van der Waals surface area contributed by atoms with Crippen molar-refractivity contribution < 1.29 is 9.90 Å². The summed E-state index contributed by atoms with van der Waals surface area (Å²) in [6, 6.07) is 1.93. The molecule has 1 rings (SSSR count).